The van der Waals surface area contributed by atoms with Crippen molar-refractivity contribution in [3.8, 4) is 6.07 Å². The zero-order valence-corrected chi connectivity index (χ0v) is 8.84. The molecule has 0 amide bonds. The third-order valence-electron chi connectivity index (χ3n) is 3.04. The van der Waals surface area contributed by atoms with E-state index in [1.54, 1.807) is 0 Å². The van der Waals surface area contributed by atoms with Crippen LogP contribution in [0.2, 0.25) is 0 Å². The molecule has 0 saturated carbocycles. The van der Waals surface area contributed by atoms with Crippen LogP contribution >= 0.6 is 0 Å². The summed E-state index contributed by atoms with van der Waals surface area (Å²) in [6.45, 7) is 7.07. The normalized spacial score (nSPS) is 21.6. The molecule has 1 saturated heterocycles. The molecule has 1 heterocycles. The Morgan fingerprint density at radius 2 is 2.15 bits per heavy atom. The lowest BCUT2D eigenvalue weighted by Gasteiger charge is -2.31. The van der Waals surface area contributed by atoms with Crippen LogP contribution in [0.1, 0.15) is 46.0 Å². The fourth-order valence-corrected chi connectivity index (χ4v) is 2.08. The molecule has 1 rings (SSSR count). The van der Waals surface area contributed by atoms with Crippen molar-refractivity contribution in [2.45, 2.75) is 51.5 Å². The molecule has 0 radical (unpaired) electrons. The van der Waals surface area contributed by atoms with Crippen molar-refractivity contribution in [3.05, 3.63) is 0 Å². The Balaban J connectivity index is 2.18. The van der Waals surface area contributed by atoms with Crippen molar-refractivity contribution in [2.24, 2.45) is 0 Å². The van der Waals surface area contributed by atoms with E-state index >= 15 is 0 Å². The Kier molecular flexibility index (Phi) is 3.74. The van der Waals surface area contributed by atoms with Gasteiger partial charge in [0.15, 0.2) is 0 Å². The second kappa shape index (κ2) is 4.62. The fourth-order valence-electron chi connectivity index (χ4n) is 2.08. The molecule has 0 aliphatic carbocycles. The third-order valence-corrected chi connectivity index (χ3v) is 3.04. The van der Waals surface area contributed by atoms with E-state index < -0.39 is 0 Å². The monoisotopic (exact) mass is 180 g/mol. The van der Waals surface area contributed by atoms with Crippen LogP contribution in [0.25, 0.3) is 0 Å². The first kappa shape index (κ1) is 10.5. The first-order chi connectivity index (χ1) is 6.17. The number of hydrogen-bond acceptors (Lipinski definition) is 2. The average Bonchev–Trinajstić information content (AvgIpc) is 2.40. The van der Waals surface area contributed by atoms with Crippen LogP contribution in [-0.2, 0) is 0 Å². The Morgan fingerprint density at radius 1 is 1.38 bits per heavy atom. The van der Waals surface area contributed by atoms with Gasteiger partial charge in [0, 0.05) is 12.0 Å². The fraction of sp³-hybridized carbons (Fsp3) is 0.909. The lowest BCUT2D eigenvalue weighted by Crippen LogP contribution is -2.38. The molecule has 0 atom stereocenters. The summed E-state index contributed by atoms with van der Waals surface area (Å²) in [4.78, 5) is 2.56. The van der Waals surface area contributed by atoms with E-state index in [0.29, 0.717) is 12.0 Å². The molecule has 0 aromatic carbocycles. The van der Waals surface area contributed by atoms with Gasteiger partial charge in [0.25, 0.3) is 0 Å². The predicted molar refractivity (Wildman–Crippen MR) is 54.4 cm³/mol. The molecular formula is C11H20N2. The molecule has 0 aromatic rings. The van der Waals surface area contributed by atoms with Gasteiger partial charge >= 0.3 is 0 Å². The summed E-state index contributed by atoms with van der Waals surface area (Å²) in [5.41, 5.74) is 0.409. The highest BCUT2D eigenvalue weighted by atomic mass is 15.2. The Morgan fingerprint density at radius 3 is 2.69 bits per heavy atom. The molecule has 0 unspecified atom stereocenters. The van der Waals surface area contributed by atoms with Crippen molar-refractivity contribution < 1.29 is 0 Å². The molecule has 2 nitrogen and oxygen atoms in total. The quantitative estimate of drug-likeness (QED) is 0.622. The van der Waals surface area contributed by atoms with Crippen LogP contribution in [0, 0.1) is 11.3 Å². The van der Waals surface area contributed by atoms with Crippen molar-refractivity contribution in [1.29, 1.82) is 5.26 Å². The Labute approximate surface area is 81.5 Å². The van der Waals surface area contributed by atoms with Gasteiger partial charge in [0.05, 0.1) is 6.07 Å². The number of rotatable bonds is 4. The molecular weight excluding hydrogens is 160 g/mol. The summed E-state index contributed by atoms with van der Waals surface area (Å²) in [5, 5.41) is 8.40. The molecule has 1 aliphatic heterocycles. The van der Waals surface area contributed by atoms with E-state index in [4.69, 9.17) is 5.26 Å². The number of hydrogen-bond donors (Lipinski definition) is 0. The third kappa shape index (κ3) is 3.00. The van der Waals surface area contributed by atoms with E-state index in [-0.39, 0.29) is 0 Å². The van der Waals surface area contributed by atoms with Gasteiger partial charge in [-0.1, -0.05) is 0 Å². The van der Waals surface area contributed by atoms with Crippen LogP contribution in [0.3, 0.4) is 0 Å². The Hall–Kier alpha value is -0.550. The summed E-state index contributed by atoms with van der Waals surface area (Å²) >= 11 is 0. The van der Waals surface area contributed by atoms with E-state index in [2.05, 4.69) is 24.8 Å². The summed E-state index contributed by atoms with van der Waals surface area (Å²) < 4.78 is 0. The van der Waals surface area contributed by atoms with Gasteiger partial charge in [-0.15, -0.1) is 0 Å². The number of nitrogens with zero attached hydrogens (tertiary/aromatic N) is 2. The maximum atomic E-state index is 8.40. The summed E-state index contributed by atoms with van der Waals surface area (Å²) in [5.74, 6) is 0. The molecule has 0 bridgehead atoms. The highest BCUT2D eigenvalue weighted by Gasteiger charge is 2.30. The number of unbranched alkanes of at least 4 members (excludes halogenated alkanes) is 2. The largest absolute Gasteiger partial charge is 0.298 e. The van der Waals surface area contributed by atoms with Crippen molar-refractivity contribution >= 4 is 0 Å². The van der Waals surface area contributed by atoms with E-state index in [1.807, 2.05) is 0 Å². The van der Waals surface area contributed by atoms with Gasteiger partial charge in [-0.2, -0.15) is 5.26 Å². The molecule has 0 spiro atoms. The highest BCUT2D eigenvalue weighted by Crippen LogP contribution is 2.28. The van der Waals surface area contributed by atoms with E-state index in [9.17, 15) is 0 Å². The lowest BCUT2D eigenvalue weighted by atomic mass is 10.0. The lowest BCUT2D eigenvalue weighted by molar-refractivity contribution is 0.172. The predicted octanol–water partition coefficient (Wildman–Crippen LogP) is 2.55. The smallest absolute Gasteiger partial charge is 0.0621 e. The first-order valence-corrected chi connectivity index (χ1v) is 5.29. The van der Waals surface area contributed by atoms with Crippen molar-refractivity contribution in [1.82, 2.24) is 4.90 Å². The average molecular weight is 180 g/mol. The SMILES string of the molecule is CC1(C)CCCN1CCCCC#N. The number of likely N-dealkylation sites (tertiary alicyclic amines) is 1. The minimum Gasteiger partial charge on any atom is -0.298 e. The van der Waals surface area contributed by atoms with Crippen molar-refractivity contribution in [2.75, 3.05) is 13.1 Å². The zero-order valence-electron chi connectivity index (χ0n) is 8.84. The van der Waals surface area contributed by atoms with Gasteiger partial charge in [0.1, 0.15) is 0 Å². The molecule has 0 N–H and O–H groups in total. The summed E-state index contributed by atoms with van der Waals surface area (Å²) in [6, 6.07) is 2.20. The van der Waals surface area contributed by atoms with E-state index in [0.717, 1.165) is 6.42 Å². The summed E-state index contributed by atoms with van der Waals surface area (Å²) in [7, 11) is 0. The van der Waals surface area contributed by atoms with Gasteiger partial charge in [-0.25, -0.2) is 0 Å². The van der Waals surface area contributed by atoms with Gasteiger partial charge < -0.3 is 0 Å². The second-order valence-corrected chi connectivity index (χ2v) is 4.52. The maximum absolute atomic E-state index is 8.40. The molecule has 1 fully saturated rings. The summed E-state index contributed by atoms with van der Waals surface area (Å²) in [6.07, 6.45) is 5.62. The minimum atomic E-state index is 0.409. The molecule has 1 aliphatic rings. The molecule has 2 heteroatoms. The van der Waals surface area contributed by atoms with E-state index in [1.165, 1.54) is 32.4 Å². The van der Waals surface area contributed by atoms with Crippen LogP contribution < -0.4 is 0 Å². The van der Waals surface area contributed by atoms with Gasteiger partial charge in [0.2, 0.25) is 0 Å². The molecule has 13 heavy (non-hydrogen) atoms. The minimum absolute atomic E-state index is 0.409. The zero-order chi connectivity index (χ0) is 9.73. The maximum Gasteiger partial charge on any atom is 0.0621 e. The first-order valence-electron chi connectivity index (χ1n) is 5.29. The van der Waals surface area contributed by atoms with Crippen LogP contribution in [-0.4, -0.2) is 23.5 Å². The van der Waals surface area contributed by atoms with Gasteiger partial charge in [-0.05, 0) is 52.6 Å². The van der Waals surface area contributed by atoms with Crippen LogP contribution in [0.15, 0.2) is 0 Å². The number of nitriles is 1. The van der Waals surface area contributed by atoms with Gasteiger partial charge in [-0.3, -0.25) is 4.90 Å². The van der Waals surface area contributed by atoms with Crippen molar-refractivity contribution in [3.63, 3.8) is 0 Å². The Bertz CT molecular complexity index is 191. The second-order valence-electron chi connectivity index (χ2n) is 4.52. The topological polar surface area (TPSA) is 27.0 Å². The highest BCUT2D eigenvalue weighted by molar-refractivity contribution is 4.87. The molecule has 74 valence electrons. The standard InChI is InChI=1S/C11H20N2/c1-11(2)7-6-10-13(11)9-5-3-4-8-12/h3-7,9-10H2,1-2H3. The van der Waals surface area contributed by atoms with Crippen LogP contribution in [0.4, 0.5) is 0 Å². The molecule has 0 aromatic heterocycles. The van der Waals surface area contributed by atoms with Crippen LogP contribution in [0.5, 0.6) is 0 Å².